The standard InChI is InChI=1S/C27H32N4O3S/c1-4-6-16-31(17-7-5-2)20-14-12-19(13-15-20)18-23-24(25-26(32)30(3)27(28)29-25)21-10-8-9-11-22(21)35(23,33)34/h8-15,18H,4-7,16-17H2,1-3H3,(H2,28,29)/b23-18-,25-24-. The van der Waals surface area contributed by atoms with Crippen LogP contribution in [0.15, 0.2) is 69.0 Å². The van der Waals surface area contributed by atoms with E-state index in [1.165, 1.54) is 11.9 Å². The van der Waals surface area contributed by atoms with Gasteiger partial charge in [0.25, 0.3) is 5.91 Å². The van der Waals surface area contributed by atoms with Crippen LogP contribution in [0.3, 0.4) is 0 Å². The van der Waals surface area contributed by atoms with Gasteiger partial charge in [-0.15, -0.1) is 0 Å². The quantitative estimate of drug-likeness (QED) is 0.551. The number of nitrogens with two attached hydrogens (primary N) is 1. The Bertz CT molecular complexity index is 1320. The highest BCUT2D eigenvalue weighted by Crippen LogP contribution is 2.46. The lowest BCUT2D eigenvalue weighted by Gasteiger charge is -2.24. The van der Waals surface area contributed by atoms with Gasteiger partial charge in [0.1, 0.15) is 5.70 Å². The summed E-state index contributed by atoms with van der Waals surface area (Å²) in [6, 6.07) is 14.6. The number of aliphatic imine (C=N–C) groups is 1. The van der Waals surface area contributed by atoms with Gasteiger partial charge >= 0.3 is 0 Å². The lowest BCUT2D eigenvalue weighted by Crippen LogP contribution is -2.33. The van der Waals surface area contributed by atoms with E-state index in [9.17, 15) is 13.2 Å². The first-order valence-corrected chi connectivity index (χ1v) is 13.6. The van der Waals surface area contributed by atoms with E-state index >= 15 is 0 Å². The number of unbranched alkanes of at least 4 members (excludes halogenated alkanes) is 2. The van der Waals surface area contributed by atoms with Crippen molar-refractivity contribution in [2.75, 3.05) is 25.0 Å². The molecule has 4 rings (SSSR count). The number of nitrogens with zero attached hydrogens (tertiary/aromatic N) is 3. The fraction of sp³-hybridized carbons (Fsp3) is 0.333. The van der Waals surface area contributed by atoms with E-state index in [-0.39, 0.29) is 21.5 Å². The molecular weight excluding hydrogens is 460 g/mol. The highest BCUT2D eigenvalue weighted by Gasteiger charge is 2.41. The molecule has 0 aromatic heterocycles. The van der Waals surface area contributed by atoms with E-state index < -0.39 is 15.7 Å². The molecule has 7 nitrogen and oxygen atoms in total. The van der Waals surface area contributed by atoms with Crippen LogP contribution in [0, 0.1) is 0 Å². The summed E-state index contributed by atoms with van der Waals surface area (Å²) in [7, 11) is -2.31. The van der Waals surface area contributed by atoms with Crippen LogP contribution in [-0.2, 0) is 14.6 Å². The van der Waals surface area contributed by atoms with E-state index in [1.54, 1.807) is 30.3 Å². The molecule has 35 heavy (non-hydrogen) atoms. The fourth-order valence-electron chi connectivity index (χ4n) is 4.35. The number of allylic oxidation sites excluding steroid dienone is 1. The first-order chi connectivity index (χ1) is 16.8. The summed E-state index contributed by atoms with van der Waals surface area (Å²) in [5, 5.41) is 0. The van der Waals surface area contributed by atoms with E-state index in [4.69, 9.17) is 5.73 Å². The average molecular weight is 493 g/mol. The van der Waals surface area contributed by atoms with Gasteiger partial charge in [-0.05, 0) is 42.7 Å². The van der Waals surface area contributed by atoms with Crippen LogP contribution in [0.4, 0.5) is 5.69 Å². The number of sulfone groups is 1. The molecule has 2 aliphatic rings. The van der Waals surface area contributed by atoms with Crippen molar-refractivity contribution in [3.05, 3.63) is 70.3 Å². The zero-order chi connectivity index (χ0) is 25.2. The van der Waals surface area contributed by atoms with Crippen molar-refractivity contribution in [2.24, 2.45) is 10.7 Å². The third-order valence-electron chi connectivity index (χ3n) is 6.42. The van der Waals surface area contributed by atoms with Crippen LogP contribution < -0.4 is 10.6 Å². The van der Waals surface area contributed by atoms with Gasteiger partial charge in [0.05, 0.1) is 9.80 Å². The summed E-state index contributed by atoms with van der Waals surface area (Å²) in [4.78, 5) is 20.9. The zero-order valence-electron chi connectivity index (χ0n) is 20.5. The third-order valence-corrected chi connectivity index (χ3v) is 8.25. The summed E-state index contributed by atoms with van der Waals surface area (Å²) in [6.07, 6.45) is 6.12. The van der Waals surface area contributed by atoms with Crippen LogP contribution in [0.1, 0.15) is 50.7 Å². The summed E-state index contributed by atoms with van der Waals surface area (Å²) < 4.78 is 27.0. The van der Waals surface area contributed by atoms with Crippen LogP contribution in [0.25, 0.3) is 11.6 Å². The topological polar surface area (TPSA) is 96.1 Å². The maximum Gasteiger partial charge on any atom is 0.279 e. The van der Waals surface area contributed by atoms with Crippen LogP contribution in [-0.4, -0.2) is 45.3 Å². The maximum absolute atomic E-state index is 13.5. The molecule has 0 aliphatic carbocycles. The molecule has 1 amide bonds. The second kappa shape index (κ2) is 10.1. The van der Waals surface area contributed by atoms with Gasteiger partial charge in [-0.3, -0.25) is 9.69 Å². The van der Waals surface area contributed by atoms with Gasteiger partial charge < -0.3 is 10.6 Å². The van der Waals surface area contributed by atoms with Gasteiger partial charge in [0, 0.05) is 37.0 Å². The van der Waals surface area contributed by atoms with Gasteiger partial charge in [-0.2, -0.15) is 0 Å². The van der Waals surface area contributed by atoms with E-state index in [0.29, 0.717) is 11.1 Å². The molecular formula is C27H32N4O3S. The molecule has 184 valence electrons. The first-order valence-electron chi connectivity index (χ1n) is 12.1. The van der Waals surface area contributed by atoms with Crippen LogP contribution in [0.2, 0.25) is 0 Å². The summed E-state index contributed by atoms with van der Waals surface area (Å²) in [6.45, 7) is 6.35. The number of benzene rings is 2. The summed E-state index contributed by atoms with van der Waals surface area (Å²) >= 11 is 0. The van der Waals surface area contributed by atoms with Gasteiger partial charge in [-0.1, -0.05) is 57.0 Å². The molecule has 2 aliphatic heterocycles. The molecule has 2 aromatic rings. The fourth-order valence-corrected chi connectivity index (χ4v) is 6.07. The molecule has 8 heteroatoms. The zero-order valence-corrected chi connectivity index (χ0v) is 21.3. The normalized spacial score (nSPS) is 19.9. The van der Waals surface area contributed by atoms with Crippen molar-refractivity contribution >= 4 is 39.0 Å². The lowest BCUT2D eigenvalue weighted by atomic mass is 10.0. The average Bonchev–Trinajstić information content (AvgIpc) is 3.24. The summed E-state index contributed by atoms with van der Waals surface area (Å²) in [5.41, 5.74) is 8.55. The highest BCUT2D eigenvalue weighted by molar-refractivity contribution is 7.96. The molecule has 0 spiro atoms. The Morgan fingerprint density at radius 2 is 1.63 bits per heavy atom. The van der Waals surface area contributed by atoms with Crippen molar-refractivity contribution in [1.29, 1.82) is 0 Å². The molecule has 0 bridgehead atoms. The lowest BCUT2D eigenvalue weighted by molar-refractivity contribution is -0.121. The largest absolute Gasteiger partial charge is 0.372 e. The number of carbonyl (C=O) groups excluding carboxylic acids is 1. The number of amides is 1. The Labute approximate surface area is 207 Å². The van der Waals surface area contributed by atoms with Crippen molar-refractivity contribution in [1.82, 2.24) is 4.90 Å². The summed E-state index contributed by atoms with van der Waals surface area (Å²) in [5.74, 6) is -0.379. The number of carbonyl (C=O) groups is 1. The smallest absolute Gasteiger partial charge is 0.279 e. The molecule has 0 atom stereocenters. The van der Waals surface area contributed by atoms with Crippen molar-refractivity contribution in [2.45, 2.75) is 44.4 Å². The Morgan fingerprint density at radius 3 is 2.20 bits per heavy atom. The molecule has 0 fully saturated rings. The first kappa shape index (κ1) is 24.7. The maximum atomic E-state index is 13.5. The molecule has 0 saturated carbocycles. The minimum absolute atomic E-state index is 0.0437. The van der Waals surface area contributed by atoms with E-state index in [1.807, 2.05) is 24.3 Å². The van der Waals surface area contributed by atoms with Gasteiger partial charge in [0.2, 0.25) is 15.8 Å². The predicted molar refractivity (Wildman–Crippen MR) is 141 cm³/mol. The Balaban J connectivity index is 1.79. The monoisotopic (exact) mass is 492 g/mol. The Morgan fingerprint density at radius 1 is 1.00 bits per heavy atom. The van der Waals surface area contributed by atoms with Crippen molar-refractivity contribution in [3.63, 3.8) is 0 Å². The van der Waals surface area contributed by atoms with Crippen molar-refractivity contribution in [3.8, 4) is 0 Å². The molecule has 2 heterocycles. The number of hydrogen-bond acceptors (Lipinski definition) is 6. The van der Waals surface area contributed by atoms with E-state index in [0.717, 1.165) is 50.0 Å². The second-order valence-corrected chi connectivity index (χ2v) is 10.7. The second-order valence-electron chi connectivity index (χ2n) is 8.85. The van der Waals surface area contributed by atoms with Gasteiger partial charge in [-0.25, -0.2) is 13.4 Å². The molecule has 0 radical (unpaired) electrons. The Kier molecular flexibility index (Phi) is 7.12. The predicted octanol–water partition coefficient (Wildman–Crippen LogP) is 4.42. The minimum Gasteiger partial charge on any atom is -0.372 e. The number of rotatable bonds is 8. The number of anilines is 1. The number of likely N-dealkylation sites (N-methyl/N-ethyl adjacent to an activating group) is 1. The molecule has 0 saturated heterocycles. The number of hydrogen-bond donors (Lipinski definition) is 1. The molecule has 2 aromatic carbocycles. The van der Waals surface area contributed by atoms with Gasteiger partial charge in [0.15, 0.2) is 0 Å². The van der Waals surface area contributed by atoms with Crippen LogP contribution >= 0.6 is 0 Å². The minimum atomic E-state index is -3.83. The number of fused-ring (bicyclic) bond motifs is 1. The number of guanidine groups is 1. The van der Waals surface area contributed by atoms with E-state index in [2.05, 4.69) is 23.7 Å². The third kappa shape index (κ3) is 4.62. The Hall–Kier alpha value is -3.39. The molecule has 0 unspecified atom stereocenters. The van der Waals surface area contributed by atoms with Crippen LogP contribution in [0.5, 0.6) is 0 Å². The van der Waals surface area contributed by atoms with Crippen molar-refractivity contribution < 1.29 is 13.2 Å². The highest BCUT2D eigenvalue weighted by atomic mass is 32.2. The molecule has 2 N–H and O–H groups in total. The SMILES string of the molecule is CCCCN(CCCC)c1ccc(/C=C2/C(=C3\N=C(N)N(C)C3=O)c3ccccc3S2(=O)=O)cc1.